The summed E-state index contributed by atoms with van der Waals surface area (Å²) in [6.45, 7) is 11.1. The van der Waals surface area contributed by atoms with Crippen LogP contribution >= 0.6 is 0 Å². The number of amides is 4. The second-order valence-corrected chi connectivity index (χ2v) is 11.6. The first kappa shape index (κ1) is 33.6. The van der Waals surface area contributed by atoms with Gasteiger partial charge in [-0.05, 0) is 50.5 Å². The lowest BCUT2D eigenvalue weighted by atomic mass is 9.96. The Kier molecular flexibility index (Phi) is 12.6. The maximum absolute atomic E-state index is 13.5. The molecule has 1 saturated heterocycles. The Bertz CT molecular complexity index is 1060. The first-order valence-corrected chi connectivity index (χ1v) is 14.3. The second-order valence-electron chi connectivity index (χ2n) is 11.6. The predicted molar refractivity (Wildman–Crippen MR) is 153 cm³/mol. The van der Waals surface area contributed by atoms with Gasteiger partial charge in [0.25, 0.3) is 0 Å². The molecule has 4 atom stereocenters. The lowest BCUT2D eigenvalue weighted by molar-refractivity contribution is -0.149. The number of ether oxygens (including phenoxy) is 2. The molecule has 11 heteroatoms. The summed E-state index contributed by atoms with van der Waals surface area (Å²) in [7, 11) is 1.23. The Labute approximate surface area is 243 Å². The summed E-state index contributed by atoms with van der Waals surface area (Å²) >= 11 is 0. The smallest absolute Gasteiger partial charge is 0.410 e. The summed E-state index contributed by atoms with van der Waals surface area (Å²) in [6, 6.07) is 6.62. The van der Waals surface area contributed by atoms with Crippen molar-refractivity contribution in [2.24, 2.45) is 11.8 Å². The van der Waals surface area contributed by atoms with Crippen molar-refractivity contribution >= 4 is 29.8 Å². The van der Waals surface area contributed by atoms with Gasteiger partial charge in [-0.1, -0.05) is 64.4 Å². The van der Waals surface area contributed by atoms with Crippen LogP contribution in [0, 0.1) is 11.8 Å². The van der Waals surface area contributed by atoms with Gasteiger partial charge in [-0.2, -0.15) is 0 Å². The monoisotopic (exact) mass is 574 g/mol. The van der Waals surface area contributed by atoms with Crippen LogP contribution in [0.3, 0.4) is 0 Å². The Morgan fingerprint density at radius 3 is 2.27 bits per heavy atom. The van der Waals surface area contributed by atoms with Crippen LogP contribution in [0.5, 0.6) is 0 Å². The molecule has 0 unspecified atom stereocenters. The number of carbonyl (C=O) groups is 5. The van der Waals surface area contributed by atoms with Crippen LogP contribution in [0.25, 0.3) is 0 Å². The third-order valence-electron chi connectivity index (χ3n) is 7.26. The van der Waals surface area contributed by atoms with E-state index in [0.717, 1.165) is 5.56 Å². The molecule has 1 fully saturated rings. The molecule has 1 aliphatic rings. The van der Waals surface area contributed by atoms with E-state index in [9.17, 15) is 24.0 Å². The molecule has 0 spiro atoms. The number of likely N-dealkylation sites (tertiary alicyclic amines) is 1. The van der Waals surface area contributed by atoms with Crippen LogP contribution in [0.4, 0.5) is 4.79 Å². The maximum Gasteiger partial charge on any atom is 0.410 e. The molecule has 1 heterocycles. The van der Waals surface area contributed by atoms with Crippen molar-refractivity contribution in [3.8, 4) is 0 Å². The van der Waals surface area contributed by atoms with E-state index >= 15 is 0 Å². The number of rotatable bonds is 13. The minimum Gasteiger partial charge on any atom is -0.467 e. The van der Waals surface area contributed by atoms with Crippen molar-refractivity contribution in [1.29, 1.82) is 0 Å². The van der Waals surface area contributed by atoms with E-state index in [1.165, 1.54) is 25.9 Å². The molecule has 4 amide bonds. The summed E-state index contributed by atoms with van der Waals surface area (Å²) in [4.78, 5) is 66.4. The fourth-order valence-corrected chi connectivity index (χ4v) is 4.68. The van der Waals surface area contributed by atoms with E-state index in [4.69, 9.17) is 9.47 Å². The lowest BCUT2D eigenvalue weighted by Crippen LogP contribution is -2.60. The minimum absolute atomic E-state index is 0.0536. The van der Waals surface area contributed by atoms with Gasteiger partial charge in [-0.3, -0.25) is 19.3 Å². The van der Waals surface area contributed by atoms with Crippen molar-refractivity contribution in [3.05, 3.63) is 35.9 Å². The molecule has 228 valence electrons. The van der Waals surface area contributed by atoms with Gasteiger partial charge < -0.3 is 25.4 Å². The quantitative estimate of drug-likeness (QED) is 0.308. The number of hydrogen-bond acceptors (Lipinski definition) is 7. The normalized spacial score (nSPS) is 17.3. The summed E-state index contributed by atoms with van der Waals surface area (Å²) in [5.74, 6) is -2.31. The van der Waals surface area contributed by atoms with Crippen molar-refractivity contribution in [3.63, 3.8) is 0 Å². The zero-order valence-corrected chi connectivity index (χ0v) is 25.3. The summed E-state index contributed by atoms with van der Waals surface area (Å²) in [5.41, 5.74) is -0.457. The van der Waals surface area contributed by atoms with E-state index < -0.39 is 53.4 Å². The average molecular weight is 575 g/mol. The first-order valence-electron chi connectivity index (χ1n) is 14.3. The third kappa shape index (κ3) is 9.75. The molecule has 1 aromatic carbocycles. The van der Waals surface area contributed by atoms with Gasteiger partial charge in [0.15, 0.2) is 0 Å². The third-order valence-corrected chi connectivity index (χ3v) is 7.26. The number of nitrogens with one attached hydrogen (secondary N) is 3. The van der Waals surface area contributed by atoms with Gasteiger partial charge in [-0.25, -0.2) is 9.59 Å². The highest BCUT2D eigenvalue weighted by atomic mass is 16.6. The van der Waals surface area contributed by atoms with Crippen molar-refractivity contribution in [1.82, 2.24) is 20.9 Å². The molecule has 11 nitrogen and oxygen atoms in total. The number of benzene rings is 1. The van der Waals surface area contributed by atoms with Gasteiger partial charge in [0.1, 0.15) is 30.3 Å². The number of nitrogens with zero attached hydrogens (tertiary/aromatic N) is 1. The Hall–Kier alpha value is -3.63. The van der Waals surface area contributed by atoms with Crippen LogP contribution in [-0.4, -0.2) is 72.0 Å². The largest absolute Gasteiger partial charge is 0.467 e. The van der Waals surface area contributed by atoms with Gasteiger partial charge >= 0.3 is 12.1 Å². The first-order chi connectivity index (χ1) is 19.3. The van der Waals surface area contributed by atoms with E-state index in [1.807, 2.05) is 58.0 Å². The molecule has 0 aromatic heterocycles. The van der Waals surface area contributed by atoms with Gasteiger partial charge in [0.2, 0.25) is 17.7 Å². The van der Waals surface area contributed by atoms with Crippen LogP contribution in [0.2, 0.25) is 0 Å². The SMILES string of the molecule is CC[C@H](C)[C@H](NC(=O)[C@@H]1CCCN1C(=O)OCc1ccccc1)C(=O)N[C@@H](CC(C)C)C(=O)NC(C)(C)C(=O)OC. The van der Waals surface area contributed by atoms with Crippen LogP contribution < -0.4 is 16.0 Å². The van der Waals surface area contributed by atoms with Gasteiger partial charge in [-0.15, -0.1) is 0 Å². The minimum atomic E-state index is -1.29. The molecular formula is C30H46N4O7. The Balaban J connectivity index is 2.12. The van der Waals surface area contributed by atoms with E-state index in [-0.39, 0.29) is 18.4 Å². The number of methoxy groups -OCH3 is 1. The molecule has 0 radical (unpaired) electrons. The van der Waals surface area contributed by atoms with Crippen molar-refractivity contribution in [2.45, 2.75) is 97.5 Å². The van der Waals surface area contributed by atoms with Gasteiger partial charge in [0.05, 0.1) is 7.11 Å². The lowest BCUT2D eigenvalue weighted by Gasteiger charge is -2.31. The molecular weight excluding hydrogens is 528 g/mol. The number of hydrogen-bond donors (Lipinski definition) is 3. The summed E-state index contributed by atoms with van der Waals surface area (Å²) in [6.07, 6.45) is 1.40. The van der Waals surface area contributed by atoms with Gasteiger partial charge in [0, 0.05) is 6.54 Å². The fourth-order valence-electron chi connectivity index (χ4n) is 4.68. The topological polar surface area (TPSA) is 143 Å². The maximum atomic E-state index is 13.5. The Morgan fingerprint density at radius 2 is 1.68 bits per heavy atom. The molecule has 0 bridgehead atoms. The summed E-state index contributed by atoms with van der Waals surface area (Å²) < 4.78 is 10.2. The molecule has 2 rings (SSSR count). The second kappa shape index (κ2) is 15.4. The van der Waals surface area contributed by atoms with E-state index in [0.29, 0.717) is 32.2 Å². The van der Waals surface area contributed by atoms with Crippen molar-refractivity contribution < 1.29 is 33.4 Å². The molecule has 0 aliphatic carbocycles. The van der Waals surface area contributed by atoms with E-state index in [2.05, 4.69) is 16.0 Å². The van der Waals surface area contributed by atoms with Crippen LogP contribution in [-0.2, 0) is 35.3 Å². The molecule has 1 aliphatic heterocycles. The Morgan fingerprint density at radius 1 is 1.02 bits per heavy atom. The average Bonchev–Trinajstić information content (AvgIpc) is 3.43. The highest BCUT2D eigenvalue weighted by molar-refractivity contribution is 5.95. The number of esters is 1. The molecule has 3 N–H and O–H groups in total. The molecule has 0 saturated carbocycles. The zero-order valence-electron chi connectivity index (χ0n) is 25.3. The highest BCUT2D eigenvalue weighted by Gasteiger charge is 2.39. The standard InChI is InChI=1S/C30H46N4O7/c1-8-20(4)24(27(37)31-22(17-19(2)3)25(35)33-30(5,6)28(38)40-7)32-26(36)23-15-12-16-34(23)29(39)41-18-21-13-10-9-11-14-21/h9-11,13-14,19-20,22-24H,8,12,15-18H2,1-7H3,(H,31,37)(H,32,36)(H,33,35)/t20-,22-,23-,24-/m0/s1. The van der Waals surface area contributed by atoms with E-state index in [1.54, 1.807) is 0 Å². The van der Waals surface area contributed by atoms with Crippen LogP contribution in [0.15, 0.2) is 30.3 Å². The highest BCUT2D eigenvalue weighted by Crippen LogP contribution is 2.20. The predicted octanol–water partition coefficient (Wildman–Crippen LogP) is 2.92. The fraction of sp³-hybridized carbons (Fsp3) is 0.633. The summed E-state index contributed by atoms with van der Waals surface area (Å²) in [5, 5.41) is 8.28. The van der Waals surface area contributed by atoms with Crippen molar-refractivity contribution in [2.75, 3.05) is 13.7 Å². The number of carbonyl (C=O) groups excluding carboxylic acids is 5. The zero-order chi connectivity index (χ0) is 30.7. The molecule has 41 heavy (non-hydrogen) atoms. The molecule has 1 aromatic rings. The van der Waals surface area contributed by atoms with Crippen LogP contribution in [0.1, 0.15) is 72.8 Å².